The molecule has 0 amide bonds. The van der Waals surface area contributed by atoms with Crippen LogP contribution in [0.4, 0.5) is 26.3 Å². The summed E-state index contributed by atoms with van der Waals surface area (Å²) in [5, 5.41) is 3.12. The van der Waals surface area contributed by atoms with Crippen LogP contribution < -0.4 is 10.1 Å². The number of hydrogen-bond acceptors (Lipinski definition) is 4. The number of halogens is 6. The van der Waals surface area contributed by atoms with Crippen LogP contribution in [-0.4, -0.2) is 56.2 Å². The first kappa shape index (κ1) is 29.9. The van der Waals surface area contributed by atoms with Gasteiger partial charge in [-0.3, -0.25) is 4.90 Å². The maximum atomic E-state index is 13.3. The first-order valence-corrected chi connectivity index (χ1v) is 13.2. The average molecular weight is 566 g/mol. The summed E-state index contributed by atoms with van der Waals surface area (Å²) in [6.45, 7) is 4.51. The second-order valence-corrected chi connectivity index (χ2v) is 9.95. The van der Waals surface area contributed by atoms with Crippen molar-refractivity contribution in [2.75, 3.05) is 46.4 Å². The number of piperazine rings is 1. The molecule has 1 fully saturated rings. The molecule has 4 rings (SSSR count). The number of alkyl halides is 6. The molecular weight excluding hydrogens is 532 g/mol. The highest BCUT2D eigenvalue weighted by Crippen LogP contribution is 2.36. The Morgan fingerprint density at radius 1 is 0.775 bits per heavy atom. The number of nitrogens with one attached hydrogen (secondary N) is 1. The Bertz CT molecular complexity index is 1170. The van der Waals surface area contributed by atoms with Crippen molar-refractivity contribution in [1.29, 1.82) is 0 Å². The Balaban J connectivity index is 1.38. The van der Waals surface area contributed by atoms with Gasteiger partial charge >= 0.3 is 12.4 Å². The summed E-state index contributed by atoms with van der Waals surface area (Å²) in [7, 11) is 1.64. The van der Waals surface area contributed by atoms with Crippen molar-refractivity contribution < 1.29 is 31.1 Å². The maximum absolute atomic E-state index is 13.3. The third-order valence-corrected chi connectivity index (χ3v) is 7.22. The van der Waals surface area contributed by atoms with Gasteiger partial charge in [-0.05, 0) is 53.4 Å². The molecular formula is C30H33F6N3O. The van der Waals surface area contributed by atoms with Crippen LogP contribution >= 0.6 is 0 Å². The molecule has 4 nitrogen and oxygen atoms in total. The van der Waals surface area contributed by atoms with Crippen LogP contribution in [-0.2, 0) is 25.3 Å². The monoisotopic (exact) mass is 565 g/mol. The minimum Gasteiger partial charge on any atom is -0.497 e. The third-order valence-electron chi connectivity index (χ3n) is 7.22. The molecule has 0 aliphatic carbocycles. The number of benzene rings is 3. The molecule has 1 atom stereocenters. The predicted molar refractivity (Wildman–Crippen MR) is 142 cm³/mol. The molecule has 1 N–H and O–H groups in total. The van der Waals surface area contributed by atoms with E-state index in [4.69, 9.17) is 4.74 Å². The van der Waals surface area contributed by atoms with Gasteiger partial charge in [0.1, 0.15) is 5.75 Å². The molecule has 0 saturated carbocycles. The Kier molecular flexibility index (Phi) is 9.76. The summed E-state index contributed by atoms with van der Waals surface area (Å²) < 4.78 is 84.8. The van der Waals surface area contributed by atoms with E-state index in [-0.39, 0.29) is 24.2 Å². The highest BCUT2D eigenvalue weighted by molar-refractivity contribution is 5.34. The highest BCUT2D eigenvalue weighted by atomic mass is 19.4. The van der Waals surface area contributed by atoms with Gasteiger partial charge in [0.05, 0.1) is 18.2 Å². The van der Waals surface area contributed by atoms with Gasteiger partial charge in [-0.1, -0.05) is 42.5 Å². The molecule has 0 bridgehead atoms. The molecule has 3 aromatic rings. The quantitative estimate of drug-likeness (QED) is 0.287. The molecule has 0 aromatic heterocycles. The van der Waals surface area contributed by atoms with Crippen LogP contribution in [0.5, 0.6) is 5.75 Å². The van der Waals surface area contributed by atoms with Crippen LogP contribution in [0.25, 0.3) is 0 Å². The van der Waals surface area contributed by atoms with E-state index in [1.807, 2.05) is 42.5 Å². The molecule has 0 radical (unpaired) electrons. The van der Waals surface area contributed by atoms with Crippen LogP contribution in [0.3, 0.4) is 0 Å². The fourth-order valence-corrected chi connectivity index (χ4v) is 4.99. The van der Waals surface area contributed by atoms with Crippen LogP contribution in [0.15, 0.2) is 72.8 Å². The first-order chi connectivity index (χ1) is 19.0. The molecule has 1 heterocycles. The predicted octanol–water partition coefficient (Wildman–Crippen LogP) is 6.42. The zero-order valence-corrected chi connectivity index (χ0v) is 22.2. The number of nitrogens with zero attached hydrogens (tertiary/aromatic N) is 2. The van der Waals surface area contributed by atoms with E-state index < -0.39 is 23.5 Å². The van der Waals surface area contributed by atoms with Crippen molar-refractivity contribution in [3.8, 4) is 5.75 Å². The van der Waals surface area contributed by atoms with Gasteiger partial charge in [-0.15, -0.1) is 0 Å². The topological polar surface area (TPSA) is 27.7 Å². The zero-order chi connectivity index (χ0) is 28.8. The number of rotatable bonds is 10. The largest absolute Gasteiger partial charge is 0.497 e. The van der Waals surface area contributed by atoms with Crippen molar-refractivity contribution in [1.82, 2.24) is 15.1 Å². The van der Waals surface area contributed by atoms with Gasteiger partial charge in [-0.2, -0.15) is 26.3 Å². The Hall–Kier alpha value is -3.08. The molecule has 0 spiro atoms. The van der Waals surface area contributed by atoms with Gasteiger partial charge < -0.3 is 15.0 Å². The van der Waals surface area contributed by atoms with E-state index in [9.17, 15) is 26.3 Å². The zero-order valence-electron chi connectivity index (χ0n) is 22.2. The van der Waals surface area contributed by atoms with E-state index in [1.54, 1.807) is 7.11 Å². The third kappa shape index (κ3) is 8.22. The maximum Gasteiger partial charge on any atom is 0.416 e. The summed E-state index contributed by atoms with van der Waals surface area (Å²) in [5.74, 6) is 0.826. The molecule has 3 aromatic carbocycles. The standard InChI is InChI=1S/C30H33F6N3O/c1-40-27-9-7-22(8-10-27)11-12-38-13-15-39(16-14-38)28(24-5-3-2-4-6-24)21-37-20-23-17-25(29(31,32)33)19-26(18-23)30(34,35)36/h2-10,17-19,28,37H,11-16,20-21H2,1H3. The van der Waals surface area contributed by atoms with E-state index >= 15 is 0 Å². The smallest absolute Gasteiger partial charge is 0.416 e. The molecule has 40 heavy (non-hydrogen) atoms. The van der Waals surface area contributed by atoms with Gasteiger partial charge in [0.2, 0.25) is 0 Å². The number of ether oxygens (including phenoxy) is 1. The number of hydrogen-bond donors (Lipinski definition) is 1. The van der Waals surface area contributed by atoms with Crippen LogP contribution in [0.2, 0.25) is 0 Å². The van der Waals surface area contributed by atoms with Crippen molar-refractivity contribution in [3.63, 3.8) is 0 Å². The fraction of sp³-hybridized carbons (Fsp3) is 0.400. The Morgan fingerprint density at radius 3 is 1.93 bits per heavy atom. The van der Waals surface area contributed by atoms with Crippen molar-refractivity contribution in [3.05, 3.63) is 101 Å². The fourth-order valence-electron chi connectivity index (χ4n) is 4.99. The second-order valence-electron chi connectivity index (χ2n) is 9.95. The van der Waals surface area contributed by atoms with E-state index in [1.165, 1.54) is 5.56 Å². The summed E-state index contributed by atoms with van der Waals surface area (Å²) in [5.41, 5.74) is -0.383. The lowest BCUT2D eigenvalue weighted by Crippen LogP contribution is -2.49. The van der Waals surface area contributed by atoms with Crippen molar-refractivity contribution in [2.24, 2.45) is 0 Å². The second kappa shape index (κ2) is 13.1. The molecule has 10 heteroatoms. The molecule has 1 aliphatic rings. The normalized spacial score (nSPS) is 16.2. The van der Waals surface area contributed by atoms with Crippen LogP contribution in [0, 0.1) is 0 Å². The molecule has 216 valence electrons. The van der Waals surface area contributed by atoms with Crippen molar-refractivity contribution in [2.45, 2.75) is 31.4 Å². The van der Waals surface area contributed by atoms with Gasteiger partial charge in [0.25, 0.3) is 0 Å². The van der Waals surface area contributed by atoms with Gasteiger partial charge in [-0.25, -0.2) is 0 Å². The minimum atomic E-state index is -4.87. The summed E-state index contributed by atoms with van der Waals surface area (Å²) in [6, 6.07) is 19.4. The lowest BCUT2D eigenvalue weighted by atomic mass is 10.0. The first-order valence-electron chi connectivity index (χ1n) is 13.2. The average Bonchev–Trinajstić information content (AvgIpc) is 2.94. The number of methoxy groups -OCH3 is 1. The lowest BCUT2D eigenvalue weighted by Gasteiger charge is -2.39. The highest BCUT2D eigenvalue weighted by Gasteiger charge is 2.37. The van der Waals surface area contributed by atoms with E-state index in [0.717, 1.165) is 62.6 Å². The van der Waals surface area contributed by atoms with E-state index in [0.29, 0.717) is 6.54 Å². The summed E-state index contributed by atoms with van der Waals surface area (Å²) in [6.07, 6.45) is -8.81. The summed E-state index contributed by atoms with van der Waals surface area (Å²) in [4.78, 5) is 4.72. The Morgan fingerprint density at radius 2 is 1.38 bits per heavy atom. The molecule has 1 unspecified atom stereocenters. The molecule has 1 aliphatic heterocycles. The molecule has 1 saturated heterocycles. The van der Waals surface area contributed by atoms with Crippen molar-refractivity contribution >= 4 is 0 Å². The minimum absolute atomic E-state index is 0.0580. The Labute approximate surface area is 230 Å². The van der Waals surface area contributed by atoms with Gasteiger partial charge in [0.15, 0.2) is 0 Å². The summed E-state index contributed by atoms with van der Waals surface area (Å²) >= 11 is 0. The lowest BCUT2D eigenvalue weighted by molar-refractivity contribution is -0.143. The SMILES string of the molecule is COc1ccc(CCN2CCN(C(CNCc3cc(C(F)(F)F)cc(C(F)(F)F)c3)c3ccccc3)CC2)cc1. The van der Waals surface area contributed by atoms with Gasteiger partial charge in [0, 0.05) is 51.9 Å². The van der Waals surface area contributed by atoms with Crippen LogP contribution in [0.1, 0.15) is 33.9 Å². The van der Waals surface area contributed by atoms with E-state index in [2.05, 4.69) is 27.2 Å².